The van der Waals surface area contributed by atoms with E-state index in [1.807, 2.05) is 0 Å². The van der Waals surface area contributed by atoms with Gasteiger partial charge in [-0.25, -0.2) is 8.42 Å². The van der Waals surface area contributed by atoms with Crippen molar-refractivity contribution in [1.29, 1.82) is 0 Å². The molecule has 0 unspecified atom stereocenters. The summed E-state index contributed by atoms with van der Waals surface area (Å²) in [5, 5.41) is 2.86. The summed E-state index contributed by atoms with van der Waals surface area (Å²) in [7, 11) is -3.42. The highest BCUT2D eigenvalue weighted by Gasteiger charge is 2.30. The second kappa shape index (κ2) is 8.40. The lowest BCUT2D eigenvalue weighted by molar-refractivity contribution is -0.117. The minimum absolute atomic E-state index is 0.0454. The maximum absolute atomic E-state index is 13.0. The average Bonchev–Trinajstić information content (AvgIpc) is 3.40. The first-order chi connectivity index (χ1) is 14.4. The van der Waals surface area contributed by atoms with Crippen molar-refractivity contribution < 1.29 is 18.0 Å². The van der Waals surface area contributed by atoms with Gasteiger partial charge in [0.15, 0.2) is 9.84 Å². The molecule has 4 rings (SSSR count). The van der Waals surface area contributed by atoms with Crippen molar-refractivity contribution in [3.8, 4) is 0 Å². The van der Waals surface area contributed by atoms with Crippen LogP contribution < -0.4 is 10.2 Å². The zero-order valence-electron chi connectivity index (χ0n) is 16.4. The molecule has 0 spiro atoms. The van der Waals surface area contributed by atoms with E-state index in [4.69, 9.17) is 11.6 Å². The van der Waals surface area contributed by atoms with E-state index in [1.54, 1.807) is 41.3 Å². The second-order valence-corrected chi connectivity index (χ2v) is 10.4. The number of hydrogen-bond acceptors (Lipinski definition) is 4. The van der Waals surface area contributed by atoms with Crippen molar-refractivity contribution in [2.24, 2.45) is 0 Å². The molecule has 1 aliphatic heterocycles. The van der Waals surface area contributed by atoms with E-state index in [0.29, 0.717) is 47.8 Å². The molecule has 2 aliphatic rings. The van der Waals surface area contributed by atoms with Gasteiger partial charge in [-0.2, -0.15) is 0 Å². The molecule has 158 valence electrons. The molecular weight excluding hydrogens is 424 g/mol. The normalized spacial score (nSPS) is 17.5. The fourth-order valence-electron chi connectivity index (χ4n) is 4.16. The number of amides is 2. The Morgan fingerprint density at radius 3 is 2.53 bits per heavy atom. The van der Waals surface area contributed by atoms with E-state index in [-0.39, 0.29) is 16.1 Å². The Morgan fingerprint density at radius 1 is 1.07 bits per heavy atom. The topological polar surface area (TPSA) is 83.6 Å². The highest BCUT2D eigenvalue weighted by Crippen LogP contribution is 2.32. The van der Waals surface area contributed by atoms with Crippen molar-refractivity contribution in [2.75, 3.05) is 16.8 Å². The van der Waals surface area contributed by atoms with Crippen LogP contribution >= 0.6 is 11.6 Å². The molecule has 0 radical (unpaired) electrons. The molecule has 1 saturated heterocycles. The van der Waals surface area contributed by atoms with Crippen LogP contribution in [-0.2, 0) is 14.6 Å². The Bertz CT molecular complexity index is 1090. The third-order valence-corrected chi connectivity index (χ3v) is 8.23. The van der Waals surface area contributed by atoms with E-state index < -0.39 is 15.7 Å². The fourth-order valence-corrected chi connectivity index (χ4v) is 6.23. The van der Waals surface area contributed by atoms with Gasteiger partial charge < -0.3 is 10.2 Å². The molecule has 1 saturated carbocycles. The van der Waals surface area contributed by atoms with Crippen molar-refractivity contribution in [1.82, 2.24) is 0 Å². The molecule has 2 aromatic rings. The molecule has 2 aromatic carbocycles. The van der Waals surface area contributed by atoms with Crippen LogP contribution in [0.25, 0.3) is 0 Å². The smallest absolute Gasteiger partial charge is 0.257 e. The monoisotopic (exact) mass is 446 g/mol. The quantitative estimate of drug-likeness (QED) is 0.736. The number of carbonyl (C=O) groups excluding carboxylic acids is 2. The summed E-state index contributed by atoms with van der Waals surface area (Å²) >= 11 is 6.10. The summed E-state index contributed by atoms with van der Waals surface area (Å²) < 4.78 is 25.7. The Labute approximate surface area is 181 Å². The van der Waals surface area contributed by atoms with Crippen LogP contribution in [0.4, 0.5) is 11.4 Å². The standard InChI is InChI=1S/C22H23ClN2O4S/c23-15-10-11-19(20(13-15)25-12-4-9-21(25)26)22(27)24-16-5-3-8-18(14-16)30(28,29)17-6-1-2-7-17/h3,5,8,10-11,13-14,17H,1-2,4,6-7,9,12H2,(H,24,27). The largest absolute Gasteiger partial charge is 0.322 e. The van der Waals surface area contributed by atoms with Gasteiger partial charge in [0.05, 0.1) is 21.4 Å². The Balaban J connectivity index is 1.60. The number of nitrogens with one attached hydrogen (secondary N) is 1. The van der Waals surface area contributed by atoms with E-state index >= 15 is 0 Å². The van der Waals surface area contributed by atoms with E-state index in [1.165, 1.54) is 6.07 Å². The molecule has 2 fully saturated rings. The first-order valence-electron chi connectivity index (χ1n) is 10.1. The Morgan fingerprint density at radius 2 is 1.83 bits per heavy atom. The SMILES string of the molecule is O=C(Nc1cccc(S(=O)(=O)C2CCCC2)c1)c1ccc(Cl)cc1N1CCCC1=O. The zero-order chi connectivity index (χ0) is 21.3. The lowest BCUT2D eigenvalue weighted by atomic mass is 10.1. The number of anilines is 2. The number of benzene rings is 2. The Kier molecular flexibility index (Phi) is 5.84. The highest BCUT2D eigenvalue weighted by molar-refractivity contribution is 7.92. The second-order valence-electron chi connectivity index (χ2n) is 7.74. The van der Waals surface area contributed by atoms with Gasteiger partial charge in [-0.3, -0.25) is 9.59 Å². The molecular formula is C22H23ClN2O4S. The molecule has 8 heteroatoms. The molecule has 1 heterocycles. The van der Waals surface area contributed by atoms with E-state index in [2.05, 4.69) is 5.32 Å². The predicted molar refractivity (Wildman–Crippen MR) is 117 cm³/mol. The van der Waals surface area contributed by atoms with Crippen LogP contribution in [0.2, 0.25) is 5.02 Å². The van der Waals surface area contributed by atoms with Crippen molar-refractivity contribution >= 4 is 44.6 Å². The number of rotatable bonds is 5. The number of sulfone groups is 1. The van der Waals surface area contributed by atoms with Crippen molar-refractivity contribution in [3.63, 3.8) is 0 Å². The van der Waals surface area contributed by atoms with Crippen LogP contribution in [0.15, 0.2) is 47.4 Å². The Hall–Kier alpha value is -2.38. The lowest BCUT2D eigenvalue weighted by Crippen LogP contribution is -2.27. The minimum Gasteiger partial charge on any atom is -0.322 e. The van der Waals surface area contributed by atoms with Gasteiger partial charge in [-0.1, -0.05) is 30.5 Å². The van der Waals surface area contributed by atoms with Crippen molar-refractivity contribution in [2.45, 2.75) is 48.7 Å². The molecule has 2 amide bonds. The summed E-state index contributed by atoms with van der Waals surface area (Å²) in [4.78, 5) is 27.0. The summed E-state index contributed by atoms with van der Waals surface area (Å²) in [5.74, 6) is -0.465. The third kappa shape index (κ3) is 4.09. The first kappa shape index (κ1) is 20.9. The lowest BCUT2D eigenvalue weighted by Gasteiger charge is -2.20. The summed E-state index contributed by atoms with van der Waals surface area (Å²) in [6, 6.07) is 11.1. The summed E-state index contributed by atoms with van der Waals surface area (Å²) in [6.45, 7) is 0.536. The molecule has 6 nitrogen and oxygen atoms in total. The van der Waals surface area contributed by atoms with Crippen LogP contribution in [0, 0.1) is 0 Å². The van der Waals surface area contributed by atoms with Gasteiger partial charge in [0, 0.05) is 23.7 Å². The first-order valence-corrected chi connectivity index (χ1v) is 12.0. The number of nitrogens with zero attached hydrogens (tertiary/aromatic N) is 1. The van der Waals surface area contributed by atoms with Gasteiger partial charge in [0.2, 0.25) is 5.91 Å². The molecule has 1 N–H and O–H groups in total. The van der Waals surface area contributed by atoms with E-state index in [0.717, 1.165) is 19.3 Å². The molecule has 30 heavy (non-hydrogen) atoms. The van der Waals surface area contributed by atoms with Gasteiger partial charge >= 0.3 is 0 Å². The van der Waals surface area contributed by atoms with Gasteiger partial charge in [-0.15, -0.1) is 0 Å². The van der Waals surface area contributed by atoms with Crippen LogP contribution in [0.1, 0.15) is 48.9 Å². The molecule has 0 atom stereocenters. The third-order valence-electron chi connectivity index (χ3n) is 5.73. The maximum atomic E-state index is 13.0. The molecule has 1 aliphatic carbocycles. The van der Waals surface area contributed by atoms with Crippen molar-refractivity contribution in [3.05, 3.63) is 53.1 Å². The number of hydrogen-bond donors (Lipinski definition) is 1. The van der Waals surface area contributed by atoms with Gasteiger partial charge in [0.25, 0.3) is 5.91 Å². The van der Waals surface area contributed by atoms with Crippen LogP contribution in [0.5, 0.6) is 0 Å². The number of halogens is 1. The van der Waals surface area contributed by atoms with Gasteiger partial charge in [-0.05, 0) is 55.7 Å². The van der Waals surface area contributed by atoms with E-state index in [9.17, 15) is 18.0 Å². The summed E-state index contributed by atoms with van der Waals surface area (Å²) in [5.41, 5.74) is 1.18. The average molecular weight is 447 g/mol. The molecule has 0 aromatic heterocycles. The predicted octanol–water partition coefficient (Wildman–Crippen LogP) is 4.44. The molecule has 0 bridgehead atoms. The highest BCUT2D eigenvalue weighted by atomic mass is 35.5. The van der Waals surface area contributed by atoms with Crippen LogP contribution in [0.3, 0.4) is 0 Å². The zero-order valence-corrected chi connectivity index (χ0v) is 18.0. The fraction of sp³-hybridized carbons (Fsp3) is 0.364. The minimum atomic E-state index is -3.42. The maximum Gasteiger partial charge on any atom is 0.257 e. The number of carbonyl (C=O) groups is 2. The van der Waals surface area contributed by atoms with Gasteiger partial charge in [0.1, 0.15) is 0 Å². The summed E-state index contributed by atoms with van der Waals surface area (Å²) in [6.07, 6.45) is 4.37. The van der Waals surface area contributed by atoms with Crippen LogP contribution in [-0.4, -0.2) is 32.0 Å².